The zero-order chi connectivity index (χ0) is 7.40. The molecule has 0 unspecified atom stereocenters. The third-order valence-corrected chi connectivity index (χ3v) is 1.82. The van der Waals surface area contributed by atoms with Gasteiger partial charge in [-0.3, -0.25) is 0 Å². The first-order valence-corrected chi connectivity index (χ1v) is 4.28. The Bertz CT molecular complexity index is 82.7. The zero-order valence-corrected chi connectivity index (χ0v) is 6.97. The molecular formula is C9H17O. The average Bonchev–Trinajstić information content (AvgIpc) is 1.88. The molecule has 1 heteroatoms. The fourth-order valence-electron chi connectivity index (χ4n) is 1.38. The molecule has 1 fully saturated rings. The van der Waals surface area contributed by atoms with Gasteiger partial charge >= 0.3 is 0 Å². The van der Waals surface area contributed by atoms with Gasteiger partial charge in [0.15, 0.2) is 0 Å². The molecule has 1 nitrogen and oxygen atoms in total. The van der Waals surface area contributed by atoms with E-state index in [1.807, 2.05) is 0 Å². The van der Waals surface area contributed by atoms with Crippen molar-refractivity contribution in [1.82, 2.24) is 0 Å². The topological polar surface area (TPSA) is 9.23 Å². The maximum Gasteiger partial charge on any atom is 0.0610 e. The Labute approximate surface area is 63.8 Å². The van der Waals surface area contributed by atoms with Crippen LogP contribution in [0.3, 0.4) is 0 Å². The predicted octanol–water partition coefficient (Wildman–Crippen LogP) is 2.56. The molecule has 0 spiro atoms. The van der Waals surface area contributed by atoms with Crippen LogP contribution in [0.15, 0.2) is 0 Å². The average molecular weight is 141 g/mol. The van der Waals surface area contributed by atoms with Crippen molar-refractivity contribution in [2.75, 3.05) is 0 Å². The molecule has 0 aromatic heterocycles. The number of hydrogen-bond acceptors (Lipinski definition) is 1. The molecule has 0 bridgehead atoms. The highest BCUT2D eigenvalue weighted by Crippen LogP contribution is 2.20. The monoisotopic (exact) mass is 141 g/mol. The summed E-state index contributed by atoms with van der Waals surface area (Å²) in [6.07, 6.45) is 8.33. The van der Waals surface area contributed by atoms with Gasteiger partial charge in [0.25, 0.3) is 0 Å². The van der Waals surface area contributed by atoms with E-state index in [1.54, 1.807) is 0 Å². The van der Waals surface area contributed by atoms with Gasteiger partial charge in [-0.1, -0.05) is 12.8 Å². The fraction of sp³-hybridized carbons (Fsp3) is 0.889. The minimum absolute atomic E-state index is 0.388. The minimum atomic E-state index is 0.388. The lowest BCUT2D eigenvalue weighted by Crippen LogP contribution is -2.20. The Balaban J connectivity index is 2.13. The molecule has 0 N–H and O–H groups in total. The Morgan fingerprint density at radius 3 is 2.70 bits per heavy atom. The SMILES string of the molecule is CC(C)O[C@H]1[CH]CCCC1. The lowest BCUT2D eigenvalue weighted by Gasteiger charge is -2.23. The van der Waals surface area contributed by atoms with E-state index in [4.69, 9.17) is 4.74 Å². The number of ether oxygens (including phenoxy) is 1. The van der Waals surface area contributed by atoms with Gasteiger partial charge in [-0.15, -0.1) is 0 Å². The predicted molar refractivity (Wildman–Crippen MR) is 42.8 cm³/mol. The van der Waals surface area contributed by atoms with Crippen LogP contribution in [0.1, 0.15) is 39.5 Å². The summed E-state index contributed by atoms with van der Waals surface area (Å²) in [5, 5.41) is 0. The van der Waals surface area contributed by atoms with Crippen LogP contribution in [0.5, 0.6) is 0 Å². The summed E-state index contributed by atoms with van der Waals surface area (Å²) in [7, 11) is 0. The van der Waals surface area contributed by atoms with Crippen molar-refractivity contribution in [2.45, 2.75) is 51.7 Å². The molecule has 0 amide bonds. The summed E-state index contributed by atoms with van der Waals surface area (Å²) in [6.45, 7) is 4.20. The van der Waals surface area contributed by atoms with E-state index < -0.39 is 0 Å². The minimum Gasteiger partial charge on any atom is -0.375 e. The van der Waals surface area contributed by atoms with Crippen molar-refractivity contribution in [3.63, 3.8) is 0 Å². The zero-order valence-electron chi connectivity index (χ0n) is 6.97. The first-order chi connectivity index (χ1) is 4.79. The molecule has 1 rings (SSSR count). The number of rotatable bonds is 2. The molecule has 1 atom stereocenters. The highest BCUT2D eigenvalue weighted by Gasteiger charge is 2.14. The summed E-state index contributed by atoms with van der Waals surface area (Å²) in [5.74, 6) is 0. The molecular weight excluding hydrogens is 124 g/mol. The third kappa shape index (κ3) is 2.70. The Morgan fingerprint density at radius 1 is 1.40 bits per heavy atom. The van der Waals surface area contributed by atoms with E-state index in [0.29, 0.717) is 12.2 Å². The van der Waals surface area contributed by atoms with E-state index in [0.717, 1.165) is 0 Å². The van der Waals surface area contributed by atoms with Crippen molar-refractivity contribution in [1.29, 1.82) is 0 Å². The van der Waals surface area contributed by atoms with Crippen LogP contribution in [0.4, 0.5) is 0 Å². The van der Waals surface area contributed by atoms with E-state index in [9.17, 15) is 0 Å². The molecule has 1 aliphatic rings. The fourth-order valence-corrected chi connectivity index (χ4v) is 1.38. The molecule has 0 aromatic carbocycles. The van der Waals surface area contributed by atoms with Gasteiger partial charge in [-0.05, 0) is 33.1 Å². The quantitative estimate of drug-likeness (QED) is 0.574. The Kier molecular flexibility index (Phi) is 3.20. The van der Waals surface area contributed by atoms with Gasteiger partial charge in [-0.2, -0.15) is 0 Å². The normalized spacial score (nSPS) is 21.9. The van der Waals surface area contributed by atoms with Crippen molar-refractivity contribution in [3.8, 4) is 0 Å². The largest absolute Gasteiger partial charge is 0.375 e. The molecule has 59 valence electrons. The Morgan fingerprint density at radius 2 is 2.20 bits per heavy atom. The molecule has 1 saturated carbocycles. The molecule has 0 saturated heterocycles. The second-order valence-corrected chi connectivity index (χ2v) is 3.24. The van der Waals surface area contributed by atoms with Crippen molar-refractivity contribution in [2.24, 2.45) is 0 Å². The van der Waals surface area contributed by atoms with Gasteiger partial charge in [0.1, 0.15) is 0 Å². The maximum atomic E-state index is 5.64. The first-order valence-electron chi connectivity index (χ1n) is 4.28. The summed E-state index contributed by atoms with van der Waals surface area (Å²) in [6, 6.07) is 0. The van der Waals surface area contributed by atoms with Crippen molar-refractivity contribution < 1.29 is 4.74 Å². The van der Waals surface area contributed by atoms with Crippen molar-refractivity contribution in [3.05, 3.63) is 6.42 Å². The highest BCUT2D eigenvalue weighted by molar-refractivity contribution is 4.82. The molecule has 0 aliphatic heterocycles. The van der Waals surface area contributed by atoms with Gasteiger partial charge < -0.3 is 4.74 Å². The van der Waals surface area contributed by atoms with Gasteiger partial charge in [0, 0.05) is 0 Å². The van der Waals surface area contributed by atoms with Crippen LogP contribution >= 0.6 is 0 Å². The van der Waals surface area contributed by atoms with Crippen LogP contribution in [0.2, 0.25) is 0 Å². The van der Waals surface area contributed by atoms with Gasteiger partial charge in [0.2, 0.25) is 0 Å². The van der Waals surface area contributed by atoms with E-state index >= 15 is 0 Å². The van der Waals surface area contributed by atoms with E-state index in [2.05, 4.69) is 20.3 Å². The lowest BCUT2D eigenvalue weighted by molar-refractivity contribution is 0.0132. The van der Waals surface area contributed by atoms with Crippen LogP contribution < -0.4 is 0 Å². The summed E-state index contributed by atoms with van der Waals surface area (Å²) in [5.41, 5.74) is 0. The Hall–Kier alpha value is -0.0400. The van der Waals surface area contributed by atoms with Crippen molar-refractivity contribution >= 4 is 0 Å². The second kappa shape index (κ2) is 3.97. The smallest absolute Gasteiger partial charge is 0.0610 e. The lowest BCUT2D eigenvalue weighted by atomic mass is 9.98. The van der Waals surface area contributed by atoms with E-state index in [-0.39, 0.29) is 0 Å². The van der Waals surface area contributed by atoms with Crippen LogP contribution in [-0.2, 0) is 4.74 Å². The van der Waals surface area contributed by atoms with Crippen LogP contribution in [-0.4, -0.2) is 12.2 Å². The van der Waals surface area contributed by atoms with Crippen LogP contribution in [0.25, 0.3) is 0 Å². The van der Waals surface area contributed by atoms with Crippen LogP contribution in [0, 0.1) is 6.42 Å². The van der Waals surface area contributed by atoms with Gasteiger partial charge in [-0.25, -0.2) is 0 Å². The number of hydrogen-bond donors (Lipinski definition) is 0. The van der Waals surface area contributed by atoms with Gasteiger partial charge in [0.05, 0.1) is 12.2 Å². The van der Waals surface area contributed by atoms with E-state index in [1.165, 1.54) is 25.7 Å². The summed E-state index contributed by atoms with van der Waals surface area (Å²) >= 11 is 0. The molecule has 10 heavy (non-hydrogen) atoms. The second-order valence-electron chi connectivity index (χ2n) is 3.24. The summed E-state index contributed by atoms with van der Waals surface area (Å²) in [4.78, 5) is 0. The molecule has 1 radical (unpaired) electrons. The highest BCUT2D eigenvalue weighted by atomic mass is 16.5. The molecule has 0 aromatic rings. The molecule has 1 aliphatic carbocycles. The standard InChI is InChI=1S/C9H17O/c1-8(2)10-9-6-4-3-5-7-9/h6,8-9H,3-5,7H2,1-2H3/t9-/m0/s1. The third-order valence-electron chi connectivity index (χ3n) is 1.82. The molecule has 0 heterocycles. The summed E-state index contributed by atoms with van der Waals surface area (Å²) < 4.78 is 5.64. The first kappa shape index (κ1) is 8.06. The maximum absolute atomic E-state index is 5.64.